The molecule has 1 atom stereocenters. The van der Waals surface area contributed by atoms with Gasteiger partial charge in [0.15, 0.2) is 0 Å². The molecular weight excluding hydrogens is 256 g/mol. The van der Waals surface area contributed by atoms with Crippen LogP contribution in [0.5, 0.6) is 0 Å². The molecule has 1 rings (SSSR count). The van der Waals surface area contributed by atoms with Gasteiger partial charge in [-0.1, -0.05) is 30.3 Å². The molecule has 0 aromatic heterocycles. The molecule has 0 saturated carbocycles. The summed E-state index contributed by atoms with van der Waals surface area (Å²) in [4.78, 5) is 25.1. The van der Waals surface area contributed by atoms with Crippen molar-refractivity contribution >= 4 is 11.9 Å². The summed E-state index contributed by atoms with van der Waals surface area (Å²) in [5.41, 5.74) is 6.94. The number of carbonyl (C=O) groups excluding carboxylic acids is 2. The van der Waals surface area contributed by atoms with Gasteiger partial charge in [-0.05, 0) is 19.4 Å². The van der Waals surface area contributed by atoms with E-state index in [9.17, 15) is 9.59 Å². The smallest absolute Gasteiger partial charge is 0.325 e. The maximum absolute atomic E-state index is 12.3. The molecule has 0 aliphatic heterocycles. The van der Waals surface area contributed by atoms with Crippen LogP contribution in [0.1, 0.15) is 31.9 Å². The lowest BCUT2D eigenvalue weighted by atomic mass is 10.0. The van der Waals surface area contributed by atoms with Crippen molar-refractivity contribution in [2.45, 2.75) is 32.4 Å². The highest BCUT2D eigenvalue weighted by Crippen LogP contribution is 2.15. The van der Waals surface area contributed by atoms with E-state index in [1.165, 1.54) is 12.0 Å². The van der Waals surface area contributed by atoms with E-state index in [4.69, 9.17) is 5.73 Å². The van der Waals surface area contributed by atoms with Gasteiger partial charge in [0.2, 0.25) is 5.91 Å². The van der Waals surface area contributed by atoms with Gasteiger partial charge in [0.05, 0.1) is 7.11 Å². The normalized spacial score (nSPS) is 12.1. The van der Waals surface area contributed by atoms with E-state index in [0.29, 0.717) is 0 Å². The number of benzene rings is 1. The number of hydrogen-bond donors (Lipinski definition) is 1. The fourth-order valence-electron chi connectivity index (χ4n) is 1.89. The summed E-state index contributed by atoms with van der Waals surface area (Å²) in [6, 6.07) is 8.99. The highest BCUT2D eigenvalue weighted by atomic mass is 16.5. The van der Waals surface area contributed by atoms with E-state index >= 15 is 0 Å². The van der Waals surface area contributed by atoms with Gasteiger partial charge in [0, 0.05) is 18.5 Å². The van der Waals surface area contributed by atoms with Crippen molar-refractivity contribution in [3.05, 3.63) is 35.9 Å². The number of ether oxygens (including phenoxy) is 1. The second-order valence-corrected chi connectivity index (χ2v) is 4.91. The van der Waals surface area contributed by atoms with E-state index in [1.807, 2.05) is 44.2 Å². The Labute approximate surface area is 119 Å². The summed E-state index contributed by atoms with van der Waals surface area (Å²) in [5.74, 6) is -0.581. The van der Waals surface area contributed by atoms with Crippen LogP contribution in [-0.2, 0) is 14.3 Å². The van der Waals surface area contributed by atoms with Crippen molar-refractivity contribution in [1.29, 1.82) is 0 Å². The van der Waals surface area contributed by atoms with E-state index in [2.05, 4.69) is 4.74 Å². The molecule has 20 heavy (non-hydrogen) atoms. The molecule has 0 bridgehead atoms. The number of amides is 1. The number of nitrogens with two attached hydrogens (primary N) is 1. The summed E-state index contributed by atoms with van der Waals surface area (Å²) in [5, 5.41) is 0. The molecule has 0 fully saturated rings. The van der Waals surface area contributed by atoms with E-state index in [0.717, 1.165) is 5.56 Å². The molecule has 1 aromatic carbocycles. The van der Waals surface area contributed by atoms with E-state index < -0.39 is 5.97 Å². The Morgan fingerprint density at radius 3 is 2.35 bits per heavy atom. The van der Waals surface area contributed by atoms with Gasteiger partial charge in [0.1, 0.15) is 6.54 Å². The van der Waals surface area contributed by atoms with Gasteiger partial charge in [-0.2, -0.15) is 0 Å². The van der Waals surface area contributed by atoms with E-state index in [-0.39, 0.29) is 31.0 Å². The Balaban J connectivity index is 2.69. The fraction of sp³-hybridized carbons (Fsp3) is 0.467. The van der Waals surface area contributed by atoms with Crippen molar-refractivity contribution in [2.75, 3.05) is 13.7 Å². The van der Waals surface area contributed by atoms with Crippen LogP contribution in [0.15, 0.2) is 30.3 Å². The standard InChI is InChI=1S/C15H22N2O3/c1-11(2)17(10-15(19)20-3)14(18)9-13(16)12-7-5-4-6-8-12/h4-8,11,13H,9-10,16H2,1-3H3. The molecule has 0 heterocycles. The zero-order valence-electron chi connectivity index (χ0n) is 12.2. The second kappa shape index (κ2) is 7.65. The predicted octanol–water partition coefficient (Wildman–Crippen LogP) is 1.49. The minimum Gasteiger partial charge on any atom is -0.468 e. The van der Waals surface area contributed by atoms with Crippen molar-refractivity contribution in [3.63, 3.8) is 0 Å². The maximum atomic E-state index is 12.3. The molecule has 0 aliphatic carbocycles. The SMILES string of the molecule is COC(=O)CN(C(=O)CC(N)c1ccccc1)C(C)C. The van der Waals surface area contributed by atoms with Crippen molar-refractivity contribution in [2.24, 2.45) is 5.73 Å². The van der Waals surface area contributed by atoms with Gasteiger partial charge in [-0.25, -0.2) is 0 Å². The summed E-state index contributed by atoms with van der Waals surface area (Å²) in [6.45, 7) is 3.66. The summed E-state index contributed by atoms with van der Waals surface area (Å²) in [7, 11) is 1.31. The first-order valence-corrected chi connectivity index (χ1v) is 6.62. The van der Waals surface area contributed by atoms with Crippen molar-refractivity contribution in [1.82, 2.24) is 4.90 Å². The lowest BCUT2D eigenvalue weighted by Crippen LogP contribution is -2.42. The monoisotopic (exact) mass is 278 g/mol. The third-order valence-electron chi connectivity index (χ3n) is 3.09. The Bertz CT molecular complexity index is 446. The number of esters is 1. The largest absolute Gasteiger partial charge is 0.468 e. The number of nitrogens with zero attached hydrogens (tertiary/aromatic N) is 1. The lowest BCUT2D eigenvalue weighted by Gasteiger charge is -2.26. The third kappa shape index (κ3) is 4.66. The molecule has 5 heteroatoms. The quantitative estimate of drug-likeness (QED) is 0.800. The van der Waals surface area contributed by atoms with Crippen molar-refractivity contribution < 1.29 is 14.3 Å². The van der Waals surface area contributed by atoms with Crippen LogP contribution in [0.4, 0.5) is 0 Å². The molecule has 0 aliphatic rings. The second-order valence-electron chi connectivity index (χ2n) is 4.91. The summed E-state index contributed by atoms with van der Waals surface area (Å²) < 4.78 is 4.61. The van der Waals surface area contributed by atoms with Crippen LogP contribution in [0.2, 0.25) is 0 Å². The molecule has 5 nitrogen and oxygen atoms in total. The number of rotatable bonds is 6. The molecule has 0 saturated heterocycles. The Hall–Kier alpha value is -1.88. The molecular formula is C15H22N2O3. The molecule has 110 valence electrons. The topological polar surface area (TPSA) is 72.6 Å². The van der Waals surface area contributed by atoms with Gasteiger partial charge in [-0.15, -0.1) is 0 Å². The average Bonchev–Trinajstić information content (AvgIpc) is 2.44. The Morgan fingerprint density at radius 2 is 1.85 bits per heavy atom. The van der Waals surface area contributed by atoms with Crippen molar-refractivity contribution in [3.8, 4) is 0 Å². The molecule has 1 amide bonds. The molecule has 1 aromatic rings. The number of hydrogen-bond acceptors (Lipinski definition) is 4. The zero-order chi connectivity index (χ0) is 15.1. The summed E-state index contributed by atoms with van der Waals surface area (Å²) >= 11 is 0. The average molecular weight is 278 g/mol. The van der Waals surface area contributed by atoms with Crippen LogP contribution in [0.25, 0.3) is 0 Å². The van der Waals surface area contributed by atoms with Gasteiger partial charge in [0.25, 0.3) is 0 Å². The third-order valence-corrected chi connectivity index (χ3v) is 3.09. The Kier molecular flexibility index (Phi) is 6.18. The van der Waals surface area contributed by atoms with Crippen LogP contribution in [-0.4, -0.2) is 36.5 Å². The zero-order valence-corrected chi connectivity index (χ0v) is 12.2. The highest BCUT2D eigenvalue weighted by Gasteiger charge is 2.22. The fourth-order valence-corrected chi connectivity index (χ4v) is 1.89. The van der Waals surface area contributed by atoms with Crippen LogP contribution in [0, 0.1) is 0 Å². The van der Waals surface area contributed by atoms with Crippen LogP contribution >= 0.6 is 0 Å². The minimum atomic E-state index is -0.430. The van der Waals surface area contributed by atoms with Crippen LogP contribution in [0.3, 0.4) is 0 Å². The van der Waals surface area contributed by atoms with Crippen LogP contribution < -0.4 is 5.73 Å². The molecule has 0 spiro atoms. The molecule has 2 N–H and O–H groups in total. The highest BCUT2D eigenvalue weighted by molar-refractivity contribution is 5.82. The predicted molar refractivity (Wildman–Crippen MR) is 76.9 cm³/mol. The van der Waals surface area contributed by atoms with Gasteiger partial charge in [-0.3, -0.25) is 9.59 Å². The Morgan fingerprint density at radius 1 is 1.25 bits per heavy atom. The number of methoxy groups -OCH3 is 1. The first-order chi connectivity index (χ1) is 9.45. The van der Waals surface area contributed by atoms with Gasteiger partial charge >= 0.3 is 5.97 Å². The molecule has 1 unspecified atom stereocenters. The van der Waals surface area contributed by atoms with E-state index in [1.54, 1.807) is 0 Å². The van der Waals surface area contributed by atoms with Gasteiger partial charge < -0.3 is 15.4 Å². The number of carbonyl (C=O) groups is 2. The minimum absolute atomic E-state index is 0.0471. The maximum Gasteiger partial charge on any atom is 0.325 e. The summed E-state index contributed by atoms with van der Waals surface area (Å²) in [6.07, 6.45) is 0.166. The molecule has 0 radical (unpaired) electrons. The lowest BCUT2D eigenvalue weighted by molar-refractivity contribution is -0.148. The first-order valence-electron chi connectivity index (χ1n) is 6.62. The first kappa shape index (κ1) is 16.2.